The lowest BCUT2D eigenvalue weighted by Gasteiger charge is -2.33. The highest BCUT2D eigenvalue weighted by molar-refractivity contribution is 5.49. The summed E-state index contributed by atoms with van der Waals surface area (Å²) in [4.78, 5) is 14.3. The molecule has 0 radical (unpaired) electrons. The van der Waals surface area contributed by atoms with E-state index in [2.05, 4.69) is 49.8 Å². The molecule has 1 fully saturated rings. The lowest BCUT2D eigenvalue weighted by molar-refractivity contribution is 0.208. The van der Waals surface area contributed by atoms with Gasteiger partial charge in [-0.1, -0.05) is 30.3 Å². The third-order valence-electron chi connectivity index (χ3n) is 4.62. The van der Waals surface area contributed by atoms with Gasteiger partial charge >= 0.3 is 0 Å². The predicted molar refractivity (Wildman–Crippen MR) is 96.7 cm³/mol. The number of rotatable bonds is 4. The first-order valence-electron chi connectivity index (χ1n) is 8.67. The second-order valence-corrected chi connectivity index (χ2v) is 6.66. The zero-order chi connectivity index (χ0) is 17.2. The van der Waals surface area contributed by atoms with E-state index >= 15 is 0 Å². The number of aromatic nitrogens is 4. The fourth-order valence-corrected chi connectivity index (χ4v) is 3.47. The smallest absolute Gasteiger partial charge is 0.290 e. The molecule has 7 nitrogen and oxygen atoms in total. The summed E-state index contributed by atoms with van der Waals surface area (Å²) in [5, 5.41) is 14.6. The van der Waals surface area contributed by atoms with Crippen LogP contribution in [0.1, 0.15) is 24.1 Å². The van der Waals surface area contributed by atoms with Gasteiger partial charge in [-0.3, -0.25) is 9.69 Å². The molecule has 1 saturated heterocycles. The first-order chi connectivity index (χ1) is 12.2. The number of nitrogens with zero attached hydrogens (tertiary/aromatic N) is 4. The molecule has 3 aromatic rings. The van der Waals surface area contributed by atoms with Crippen LogP contribution in [-0.2, 0) is 6.54 Å². The van der Waals surface area contributed by atoms with Gasteiger partial charge < -0.3 is 5.32 Å². The van der Waals surface area contributed by atoms with Gasteiger partial charge in [0.2, 0.25) is 5.95 Å². The van der Waals surface area contributed by atoms with Gasteiger partial charge in [-0.05, 0) is 37.9 Å². The van der Waals surface area contributed by atoms with Crippen molar-refractivity contribution in [1.82, 2.24) is 24.7 Å². The summed E-state index contributed by atoms with van der Waals surface area (Å²) < 4.78 is 1.60. The SMILES string of the molecule is Cc1cc2c(=O)[nH]nc(N[C@@H]3CCCN(Cc4ccccc4)C3)n2n1. The maximum atomic E-state index is 11.9. The molecule has 0 bridgehead atoms. The van der Waals surface area contributed by atoms with Crippen LogP contribution < -0.4 is 10.9 Å². The van der Waals surface area contributed by atoms with Gasteiger partial charge in [0, 0.05) is 19.1 Å². The summed E-state index contributed by atoms with van der Waals surface area (Å²) in [5.41, 5.74) is 2.43. The van der Waals surface area contributed by atoms with Gasteiger partial charge in [-0.2, -0.15) is 9.61 Å². The maximum absolute atomic E-state index is 11.9. The lowest BCUT2D eigenvalue weighted by atomic mass is 10.0. The van der Waals surface area contributed by atoms with Crippen molar-refractivity contribution >= 4 is 11.5 Å². The molecule has 7 heteroatoms. The van der Waals surface area contributed by atoms with Crippen molar-refractivity contribution < 1.29 is 0 Å². The summed E-state index contributed by atoms with van der Waals surface area (Å²) in [6.07, 6.45) is 2.21. The molecule has 0 amide bonds. The minimum Gasteiger partial charge on any atom is -0.349 e. The molecule has 0 spiro atoms. The van der Waals surface area contributed by atoms with Crippen molar-refractivity contribution in [1.29, 1.82) is 0 Å². The number of aryl methyl sites for hydroxylation is 1. The van der Waals surface area contributed by atoms with Gasteiger partial charge in [-0.25, -0.2) is 5.10 Å². The van der Waals surface area contributed by atoms with Crippen molar-refractivity contribution in [3.05, 3.63) is 58.0 Å². The highest BCUT2D eigenvalue weighted by Crippen LogP contribution is 2.17. The van der Waals surface area contributed by atoms with E-state index < -0.39 is 0 Å². The Hall–Kier alpha value is -2.67. The second-order valence-electron chi connectivity index (χ2n) is 6.66. The van der Waals surface area contributed by atoms with Crippen LogP contribution in [0, 0.1) is 6.92 Å². The van der Waals surface area contributed by atoms with Crippen molar-refractivity contribution in [3.63, 3.8) is 0 Å². The Morgan fingerprint density at radius 2 is 2.16 bits per heavy atom. The molecule has 4 rings (SSSR count). The van der Waals surface area contributed by atoms with Crippen LogP contribution in [0.4, 0.5) is 5.95 Å². The molecule has 130 valence electrons. The summed E-state index contributed by atoms with van der Waals surface area (Å²) in [6.45, 7) is 4.87. The van der Waals surface area contributed by atoms with Gasteiger partial charge in [0.25, 0.3) is 5.56 Å². The molecule has 0 unspecified atom stereocenters. The molecular formula is C18H22N6O. The van der Waals surface area contributed by atoms with Crippen LogP contribution in [0.15, 0.2) is 41.2 Å². The number of hydrogen-bond acceptors (Lipinski definition) is 5. The molecule has 2 aromatic heterocycles. The van der Waals surface area contributed by atoms with Gasteiger partial charge in [0.15, 0.2) is 0 Å². The van der Waals surface area contributed by atoms with Crippen molar-refractivity contribution in [2.45, 2.75) is 32.4 Å². The number of H-pyrrole nitrogens is 1. The Bertz CT molecular complexity index is 916. The normalized spacial score (nSPS) is 18.5. The minimum absolute atomic E-state index is 0.222. The van der Waals surface area contributed by atoms with E-state index in [0.29, 0.717) is 11.5 Å². The molecule has 1 aromatic carbocycles. The number of nitrogens with one attached hydrogen (secondary N) is 2. The second kappa shape index (κ2) is 6.68. The highest BCUT2D eigenvalue weighted by Gasteiger charge is 2.21. The number of anilines is 1. The first kappa shape index (κ1) is 15.8. The average molecular weight is 338 g/mol. The fourth-order valence-electron chi connectivity index (χ4n) is 3.47. The molecule has 1 atom stereocenters. The monoisotopic (exact) mass is 338 g/mol. The molecular weight excluding hydrogens is 316 g/mol. The standard InChI is InChI=1S/C18H22N6O/c1-13-10-16-17(25)20-21-18(24(16)22-13)19-15-8-5-9-23(12-15)11-14-6-3-2-4-7-14/h2-4,6-7,10,15H,5,8-9,11-12H2,1H3,(H,19,21)(H,20,25)/t15-/m1/s1. The van der Waals surface area contributed by atoms with Crippen molar-refractivity contribution in [3.8, 4) is 0 Å². The number of fused-ring (bicyclic) bond motifs is 1. The van der Waals surface area contributed by atoms with Crippen LogP contribution in [0.3, 0.4) is 0 Å². The minimum atomic E-state index is -0.222. The lowest BCUT2D eigenvalue weighted by Crippen LogP contribution is -2.42. The van der Waals surface area contributed by atoms with E-state index in [4.69, 9.17) is 0 Å². The summed E-state index contributed by atoms with van der Waals surface area (Å²) >= 11 is 0. The quantitative estimate of drug-likeness (QED) is 0.758. The number of hydrogen-bond donors (Lipinski definition) is 2. The highest BCUT2D eigenvalue weighted by atomic mass is 16.1. The van der Waals surface area contributed by atoms with E-state index in [0.717, 1.165) is 38.2 Å². The number of aromatic amines is 1. The Morgan fingerprint density at radius 1 is 1.32 bits per heavy atom. The van der Waals surface area contributed by atoms with Crippen LogP contribution in [-0.4, -0.2) is 43.8 Å². The van der Waals surface area contributed by atoms with E-state index in [9.17, 15) is 4.79 Å². The summed E-state index contributed by atoms with van der Waals surface area (Å²) in [5.74, 6) is 0.592. The Labute approximate surface area is 145 Å². The van der Waals surface area contributed by atoms with E-state index in [1.165, 1.54) is 5.56 Å². The molecule has 3 heterocycles. The number of likely N-dealkylation sites (tertiary alicyclic amines) is 1. The number of piperidine rings is 1. The third kappa shape index (κ3) is 3.41. The molecule has 1 aliphatic heterocycles. The fraction of sp³-hybridized carbons (Fsp3) is 0.389. The molecule has 2 N–H and O–H groups in total. The zero-order valence-electron chi connectivity index (χ0n) is 14.3. The molecule has 1 aliphatic rings. The zero-order valence-corrected chi connectivity index (χ0v) is 14.3. The molecule has 25 heavy (non-hydrogen) atoms. The van der Waals surface area contributed by atoms with Crippen LogP contribution >= 0.6 is 0 Å². The largest absolute Gasteiger partial charge is 0.349 e. The first-order valence-corrected chi connectivity index (χ1v) is 8.67. The van der Waals surface area contributed by atoms with Crippen LogP contribution in [0.2, 0.25) is 0 Å². The van der Waals surface area contributed by atoms with Crippen LogP contribution in [0.25, 0.3) is 5.52 Å². The molecule has 0 aliphatic carbocycles. The maximum Gasteiger partial charge on any atom is 0.290 e. The Balaban J connectivity index is 1.49. The van der Waals surface area contributed by atoms with Crippen molar-refractivity contribution in [2.75, 3.05) is 18.4 Å². The van der Waals surface area contributed by atoms with Crippen molar-refractivity contribution in [2.24, 2.45) is 0 Å². The average Bonchev–Trinajstić information content (AvgIpc) is 3.02. The van der Waals surface area contributed by atoms with Crippen LogP contribution in [0.5, 0.6) is 0 Å². The van der Waals surface area contributed by atoms with E-state index in [1.807, 2.05) is 13.0 Å². The Kier molecular flexibility index (Phi) is 4.23. The van der Waals surface area contributed by atoms with Gasteiger partial charge in [0.05, 0.1) is 5.69 Å². The topological polar surface area (TPSA) is 78.3 Å². The van der Waals surface area contributed by atoms with E-state index in [-0.39, 0.29) is 11.6 Å². The summed E-state index contributed by atoms with van der Waals surface area (Å²) in [7, 11) is 0. The summed E-state index contributed by atoms with van der Waals surface area (Å²) in [6, 6.07) is 12.6. The third-order valence-corrected chi connectivity index (χ3v) is 4.62. The predicted octanol–water partition coefficient (Wildman–Crippen LogP) is 1.80. The van der Waals surface area contributed by atoms with E-state index in [1.54, 1.807) is 10.6 Å². The number of benzene rings is 1. The van der Waals surface area contributed by atoms with Gasteiger partial charge in [-0.15, -0.1) is 5.10 Å². The van der Waals surface area contributed by atoms with Gasteiger partial charge in [0.1, 0.15) is 5.52 Å². The molecule has 0 saturated carbocycles. The Morgan fingerprint density at radius 3 is 3.00 bits per heavy atom.